The topological polar surface area (TPSA) is 26.3 Å². The Morgan fingerprint density at radius 2 is 1.79 bits per heavy atom. The van der Waals surface area contributed by atoms with Crippen LogP contribution in [0.2, 0.25) is 18.1 Å². The van der Waals surface area contributed by atoms with Gasteiger partial charge in [-0.1, -0.05) is 39.8 Å². The molecule has 0 amide bonds. The predicted octanol–water partition coefficient (Wildman–Crippen LogP) is 5.41. The summed E-state index contributed by atoms with van der Waals surface area (Å²) < 4.78 is 6.34. The van der Waals surface area contributed by atoms with Gasteiger partial charge in [-0.05, 0) is 79.3 Å². The first-order valence-corrected chi connectivity index (χ1v) is 12.9. The van der Waals surface area contributed by atoms with Gasteiger partial charge in [-0.25, -0.2) is 0 Å². The molecule has 4 aliphatic rings. The zero-order valence-electron chi connectivity index (χ0n) is 16.3. The summed E-state index contributed by atoms with van der Waals surface area (Å²) in [6, 6.07) is 0. The average Bonchev–Trinajstić information content (AvgIpc) is 3.22. The van der Waals surface area contributed by atoms with E-state index in [1.54, 1.807) is 0 Å². The molecule has 24 heavy (non-hydrogen) atoms. The summed E-state index contributed by atoms with van der Waals surface area (Å²) in [6.07, 6.45) is 9.65. The van der Waals surface area contributed by atoms with E-state index in [0.717, 1.165) is 42.4 Å². The normalized spacial score (nSPS) is 45.8. The largest absolute Gasteiger partial charge is 0.519 e. The second kappa shape index (κ2) is 4.99. The molecule has 2 nitrogen and oxygen atoms in total. The maximum Gasteiger partial charge on any atom is 0.299 e. The van der Waals surface area contributed by atoms with Crippen LogP contribution in [0.15, 0.2) is 12.2 Å². The molecular formula is C21H34O2Si. The van der Waals surface area contributed by atoms with Crippen LogP contribution in [0.5, 0.6) is 0 Å². The molecular weight excluding hydrogens is 312 g/mol. The summed E-state index contributed by atoms with van der Waals surface area (Å²) in [6.45, 7) is 13.3. The minimum atomic E-state index is -2.04. The van der Waals surface area contributed by atoms with E-state index >= 15 is 0 Å². The van der Waals surface area contributed by atoms with E-state index in [0.29, 0.717) is 5.92 Å². The highest BCUT2D eigenvalue weighted by molar-refractivity contribution is 6.75. The number of carbonyl (C=O) groups is 1. The first-order valence-electron chi connectivity index (χ1n) is 10.0. The lowest BCUT2D eigenvalue weighted by molar-refractivity contribution is -0.153. The SMILES string of the molecule is CCC1(C(=O)O[Si](C)(C)C(C)(C)C)CC2CC1C1C3C=CC(C3)C21. The molecule has 4 aliphatic carbocycles. The van der Waals surface area contributed by atoms with Crippen LogP contribution in [0.1, 0.15) is 53.4 Å². The van der Waals surface area contributed by atoms with Crippen LogP contribution in [0, 0.1) is 40.9 Å². The third-order valence-corrected chi connectivity index (χ3v) is 13.0. The minimum absolute atomic E-state index is 0.0902. The van der Waals surface area contributed by atoms with Crippen LogP contribution in [-0.4, -0.2) is 14.3 Å². The summed E-state index contributed by atoms with van der Waals surface area (Å²) >= 11 is 0. The number of hydrogen-bond acceptors (Lipinski definition) is 2. The van der Waals surface area contributed by atoms with E-state index in [4.69, 9.17) is 4.43 Å². The number of carbonyl (C=O) groups excluding carboxylic acids is 1. The Bertz CT molecular complexity index is 587. The average molecular weight is 347 g/mol. The molecule has 0 aromatic heterocycles. The lowest BCUT2D eigenvalue weighted by atomic mass is 9.61. The van der Waals surface area contributed by atoms with Crippen LogP contribution in [0.4, 0.5) is 0 Å². The zero-order chi connectivity index (χ0) is 17.5. The smallest absolute Gasteiger partial charge is 0.299 e. The van der Waals surface area contributed by atoms with E-state index in [-0.39, 0.29) is 16.4 Å². The lowest BCUT2D eigenvalue weighted by Crippen LogP contribution is -2.50. The molecule has 0 saturated heterocycles. The van der Waals surface area contributed by atoms with Gasteiger partial charge in [0, 0.05) is 0 Å². The third-order valence-electron chi connectivity index (χ3n) is 8.68. The maximum absolute atomic E-state index is 13.4. The molecule has 3 fully saturated rings. The van der Waals surface area contributed by atoms with Crippen molar-refractivity contribution in [3.05, 3.63) is 12.2 Å². The molecule has 7 atom stereocenters. The van der Waals surface area contributed by atoms with Gasteiger partial charge in [0.25, 0.3) is 14.3 Å². The van der Waals surface area contributed by atoms with E-state index in [9.17, 15) is 4.79 Å². The Morgan fingerprint density at radius 1 is 1.17 bits per heavy atom. The zero-order valence-corrected chi connectivity index (χ0v) is 17.3. The predicted molar refractivity (Wildman–Crippen MR) is 99.9 cm³/mol. The van der Waals surface area contributed by atoms with Crippen molar-refractivity contribution in [3.8, 4) is 0 Å². The monoisotopic (exact) mass is 346 g/mol. The van der Waals surface area contributed by atoms with E-state index in [1.165, 1.54) is 12.8 Å². The van der Waals surface area contributed by atoms with Crippen LogP contribution < -0.4 is 0 Å². The lowest BCUT2D eigenvalue weighted by Gasteiger charge is -2.46. The van der Waals surface area contributed by atoms with Gasteiger partial charge >= 0.3 is 0 Å². The second-order valence-corrected chi connectivity index (χ2v) is 15.3. The van der Waals surface area contributed by atoms with Gasteiger partial charge in [0.2, 0.25) is 0 Å². The fraction of sp³-hybridized carbons (Fsp3) is 0.857. The van der Waals surface area contributed by atoms with Crippen LogP contribution in [0.3, 0.4) is 0 Å². The maximum atomic E-state index is 13.4. The molecule has 4 bridgehead atoms. The quantitative estimate of drug-likeness (QED) is 0.388. The van der Waals surface area contributed by atoms with Crippen molar-refractivity contribution in [2.24, 2.45) is 40.9 Å². The summed E-state index contributed by atoms with van der Waals surface area (Å²) in [5, 5.41) is 0.0902. The van der Waals surface area contributed by atoms with E-state index in [2.05, 4.69) is 52.9 Å². The third kappa shape index (κ3) is 2.03. The van der Waals surface area contributed by atoms with Gasteiger partial charge in [0.15, 0.2) is 0 Å². The minimum Gasteiger partial charge on any atom is -0.519 e. The molecule has 0 aliphatic heterocycles. The van der Waals surface area contributed by atoms with Gasteiger partial charge in [-0.3, -0.25) is 4.79 Å². The summed E-state index contributed by atoms with van der Waals surface area (Å²) in [5.74, 6) is 4.73. The molecule has 4 rings (SSSR count). The highest BCUT2D eigenvalue weighted by Gasteiger charge is 2.68. The Balaban J connectivity index is 1.60. The second-order valence-electron chi connectivity index (χ2n) is 10.6. The Labute approximate surface area is 148 Å². The molecule has 0 heterocycles. The van der Waals surface area contributed by atoms with Crippen molar-refractivity contribution in [3.63, 3.8) is 0 Å². The molecule has 3 heteroatoms. The van der Waals surface area contributed by atoms with Crippen LogP contribution >= 0.6 is 0 Å². The first kappa shape index (κ1) is 16.9. The fourth-order valence-electron chi connectivity index (χ4n) is 6.47. The van der Waals surface area contributed by atoms with Crippen molar-refractivity contribution in [1.29, 1.82) is 0 Å². The molecule has 0 spiro atoms. The Kier molecular flexibility index (Phi) is 3.51. The van der Waals surface area contributed by atoms with Gasteiger partial charge in [-0.2, -0.15) is 0 Å². The molecule has 0 radical (unpaired) electrons. The van der Waals surface area contributed by atoms with Crippen LogP contribution in [-0.2, 0) is 9.22 Å². The summed E-state index contributed by atoms with van der Waals surface area (Å²) in [4.78, 5) is 13.4. The molecule has 3 saturated carbocycles. The van der Waals surface area contributed by atoms with Crippen LogP contribution in [0.25, 0.3) is 0 Å². The number of hydrogen-bond donors (Lipinski definition) is 0. The molecule has 0 aromatic rings. The molecule has 0 aromatic carbocycles. The van der Waals surface area contributed by atoms with Gasteiger partial charge < -0.3 is 4.43 Å². The Morgan fingerprint density at radius 3 is 2.38 bits per heavy atom. The van der Waals surface area contributed by atoms with E-state index < -0.39 is 8.32 Å². The molecule has 7 unspecified atom stereocenters. The molecule has 0 N–H and O–H groups in total. The van der Waals surface area contributed by atoms with Gasteiger partial charge in [0.1, 0.15) is 0 Å². The standard InChI is InChI=1S/C21H34O2Si/c1-7-21(19(22)23-24(5,6)20(2,3)4)12-15-11-16(21)18-14-9-8-13(10-14)17(15)18/h8-9,13-18H,7,10-12H2,1-6H3. The van der Waals surface area contributed by atoms with Gasteiger partial charge in [0.05, 0.1) is 5.41 Å². The number of allylic oxidation sites excluding steroid dienone is 2. The van der Waals surface area contributed by atoms with Crippen molar-refractivity contribution < 1.29 is 9.22 Å². The van der Waals surface area contributed by atoms with Crippen molar-refractivity contribution in [1.82, 2.24) is 0 Å². The first-order chi connectivity index (χ1) is 11.1. The van der Waals surface area contributed by atoms with Gasteiger partial charge in [-0.15, -0.1) is 0 Å². The van der Waals surface area contributed by atoms with E-state index in [1.807, 2.05) is 0 Å². The summed E-state index contributed by atoms with van der Waals surface area (Å²) in [5.41, 5.74) is -0.181. The highest BCUT2D eigenvalue weighted by Crippen LogP contribution is 2.71. The van der Waals surface area contributed by atoms with Crippen molar-refractivity contribution in [2.75, 3.05) is 0 Å². The fourth-order valence-corrected chi connectivity index (χ4v) is 7.45. The molecule has 134 valence electrons. The number of rotatable bonds is 3. The van der Waals surface area contributed by atoms with Crippen molar-refractivity contribution >= 4 is 14.3 Å². The Hall–Kier alpha value is -0.573. The number of fused-ring (bicyclic) bond motifs is 9. The highest BCUT2D eigenvalue weighted by atomic mass is 28.4. The summed E-state index contributed by atoms with van der Waals surface area (Å²) in [7, 11) is -2.04. The van der Waals surface area contributed by atoms with Crippen molar-refractivity contribution in [2.45, 2.75) is 71.5 Å².